The van der Waals surface area contributed by atoms with Crippen LogP contribution in [-0.2, 0) is 11.3 Å². The molecule has 0 aliphatic carbocycles. The Morgan fingerprint density at radius 1 is 1.22 bits per heavy atom. The predicted octanol–water partition coefficient (Wildman–Crippen LogP) is 3.19. The summed E-state index contributed by atoms with van der Waals surface area (Å²) in [7, 11) is 1.60. The largest absolute Gasteiger partial charge is 0.504 e. The molecule has 0 aromatic heterocycles. The maximum Gasteiger partial charge on any atom is 0.262 e. The molecule has 0 atom stereocenters. The quantitative estimate of drug-likeness (QED) is 0.316. The first-order valence-corrected chi connectivity index (χ1v) is 8.16. The van der Waals surface area contributed by atoms with Crippen molar-refractivity contribution in [2.45, 2.75) is 13.5 Å². The summed E-state index contributed by atoms with van der Waals surface area (Å²) >= 11 is 0. The SMILES string of the molecule is COc1ccc(CNC(=O)/C(C#N)=C/C=C/c2ccc(O)c(O)c2)cc1C. The van der Waals surface area contributed by atoms with E-state index in [0.717, 1.165) is 16.9 Å². The maximum absolute atomic E-state index is 12.2. The van der Waals surface area contributed by atoms with Crippen LogP contribution in [0.4, 0.5) is 0 Å². The number of methoxy groups -OCH3 is 1. The molecule has 6 heteroatoms. The summed E-state index contributed by atoms with van der Waals surface area (Å²) in [5, 5.41) is 30.6. The van der Waals surface area contributed by atoms with Crippen molar-refractivity contribution in [2.24, 2.45) is 0 Å². The molecule has 0 unspecified atom stereocenters. The number of aromatic hydroxyl groups is 2. The average Bonchev–Trinajstić information content (AvgIpc) is 2.66. The normalized spacial score (nSPS) is 11.2. The minimum absolute atomic E-state index is 0.0421. The lowest BCUT2D eigenvalue weighted by molar-refractivity contribution is -0.117. The number of allylic oxidation sites excluding steroid dienone is 2. The molecule has 2 aromatic carbocycles. The van der Waals surface area contributed by atoms with Gasteiger partial charge in [0, 0.05) is 6.54 Å². The number of nitrogens with zero attached hydrogens (tertiary/aromatic N) is 1. The molecule has 138 valence electrons. The van der Waals surface area contributed by atoms with Crippen LogP contribution in [0.15, 0.2) is 54.1 Å². The minimum atomic E-state index is -0.482. The Hall–Kier alpha value is -3.72. The molecule has 0 radical (unpaired) electrons. The van der Waals surface area contributed by atoms with Gasteiger partial charge in [0.2, 0.25) is 0 Å². The Morgan fingerprint density at radius 3 is 2.63 bits per heavy atom. The minimum Gasteiger partial charge on any atom is -0.504 e. The van der Waals surface area contributed by atoms with Crippen LogP contribution in [-0.4, -0.2) is 23.2 Å². The van der Waals surface area contributed by atoms with E-state index in [1.54, 1.807) is 19.3 Å². The van der Waals surface area contributed by atoms with Gasteiger partial charge in [-0.05, 0) is 47.9 Å². The van der Waals surface area contributed by atoms with E-state index in [-0.39, 0.29) is 23.6 Å². The van der Waals surface area contributed by atoms with E-state index in [9.17, 15) is 20.3 Å². The zero-order chi connectivity index (χ0) is 19.8. The third-order valence-electron chi connectivity index (χ3n) is 3.83. The van der Waals surface area contributed by atoms with E-state index < -0.39 is 5.91 Å². The highest BCUT2D eigenvalue weighted by Crippen LogP contribution is 2.25. The van der Waals surface area contributed by atoms with Gasteiger partial charge in [-0.1, -0.05) is 30.4 Å². The summed E-state index contributed by atoms with van der Waals surface area (Å²) in [5.74, 6) is -0.167. The van der Waals surface area contributed by atoms with Gasteiger partial charge in [0.15, 0.2) is 11.5 Å². The van der Waals surface area contributed by atoms with Gasteiger partial charge in [0.1, 0.15) is 17.4 Å². The van der Waals surface area contributed by atoms with Gasteiger partial charge in [-0.2, -0.15) is 5.26 Å². The lowest BCUT2D eigenvalue weighted by Crippen LogP contribution is -2.24. The highest BCUT2D eigenvalue weighted by molar-refractivity contribution is 5.97. The molecule has 0 heterocycles. The fraction of sp³-hybridized carbons (Fsp3) is 0.143. The Balaban J connectivity index is 2.01. The monoisotopic (exact) mass is 364 g/mol. The van der Waals surface area contributed by atoms with Crippen LogP contribution in [0.5, 0.6) is 17.2 Å². The van der Waals surface area contributed by atoms with Crippen molar-refractivity contribution in [3.05, 3.63) is 70.8 Å². The van der Waals surface area contributed by atoms with Crippen LogP contribution in [0.25, 0.3) is 6.08 Å². The van der Waals surface area contributed by atoms with E-state index in [1.165, 1.54) is 24.3 Å². The first-order valence-electron chi connectivity index (χ1n) is 8.16. The van der Waals surface area contributed by atoms with E-state index >= 15 is 0 Å². The van der Waals surface area contributed by atoms with E-state index in [4.69, 9.17) is 4.74 Å². The molecule has 0 fully saturated rings. The fourth-order valence-corrected chi connectivity index (χ4v) is 2.39. The van der Waals surface area contributed by atoms with Crippen LogP contribution in [0.2, 0.25) is 0 Å². The first kappa shape index (κ1) is 19.6. The third-order valence-corrected chi connectivity index (χ3v) is 3.83. The molecule has 6 nitrogen and oxygen atoms in total. The Kier molecular flexibility index (Phi) is 6.61. The van der Waals surface area contributed by atoms with Crippen molar-refractivity contribution >= 4 is 12.0 Å². The summed E-state index contributed by atoms with van der Waals surface area (Å²) in [6, 6.07) is 11.8. The molecule has 0 spiro atoms. The Bertz CT molecular complexity index is 940. The van der Waals surface area contributed by atoms with Crippen LogP contribution in [0, 0.1) is 18.3 Å². The third kappa shape index (κ3) is 5.38. The number of carbonyl (C=O) groups is 1. The summed E-state index contributed by atoms with van der Waals surface area (Å²) in [5.41, 5.74) is 2.43. The van der Waals surface area contributed by atoms with Gasteiger partial charge in [-0.3, -0.25) is 4.79 Å². The van der Waals surface area contributed by atoms with Crippen LogP contribution in [0.1, 0.15) is 16.7 Å². The number of phenolic OH excluding ortho intramolecular Hbond substituents is 2. The lowest BCUT2D eigenvalue weighted by atomic mass is 10.1. The molecule has 0 saturated heterocycles. The van der Waals surface area contributed by atoms with Gasteiger partial charge in [-0.15, -0.1) is 0 Å². The molecule has 2 aromatic rings. The van der Waals surface area contributed by atoms with Crippen molar-refractivity contribution in [3.8, 4) is 23.3 Å². The zero-order valence-corrected chi connectivity index (χ0v) is 15.1. The molecule has 0 aliphatic heterocycles. The number of hydrogen-bond acceptors (Lipinski definition) is 5. The molecular formula is C21H20N2O4. The summed E-state index contributed by atoms with van der Waals surface area (Å²) < 4.78 is 5.20. The molecule has 3 N–H and O–H groups in total. The topological polar surface area (TPSA) is 103 Å². The van der Waals surface area contributed by atoms with Crippen molar-refractivity contribution < 1.29 is 19.7 Å². The fourth-order valence-electron chi connectivity index (χ4n) is 2.39. The van der Waals surface area contributed by atoms with Crippen molar-refractivity contribution in [2.75, 3.05) is 7.11 Å². The number of benzene rings is 2. The average molecular weight is 364 g/mol. The number of aryl methyl sites for hydroxylation is 1. The number of amides is 1. The Morgan fingerprint density at radius 2 is 2.00 bits per heavy atom. The molecule has 2 rings (SSSR count). The van der Waals surface area contributed by atoms with Gasteiger partial charge in [-0.25, -0.2) is 0 Å². The van der Waals surface area contributed by atoms with Crippen molar-refractivity contribution in [3.63, 3.8) is 0 Å². The first-order chi connectivity index (χ1) is 12.9. The highest BCUT2D eigenvalue weighted by atomic mass is 16.5. The zero-order valence-electron chi connectivity index (χ0n) is 15.1. The number of ether oxygens (including phenoxy) is 1. The molecular weight excluding hydrogens is 344 g/mol. The smallest absolute Gasteiger partial charge is 0.262 e. The number of carbonyl (C=O) groups excluding carboxylic acids is 1. The van der Waals surface area contributed by atoms with Gasteiger partial charge in [0.25, 0.3) is 5.91 Å². The van der Waals surface area contributed by atoms with E-state index in [0.29, 0.717) is 5.56 Å². The van der Waals surface area contributed by atoms with Gasteiger partial charge in [0.05, 0.1) is 7.11 Å². The second-order valence-electron chi connectivity index (χ2n) is 5.79. The highest BCUT2D eigenvalue weighted by Gasteiger charge is 2.08. The summed E-state index contributed by atoms with van der Waals surface area (Å²) in [6.45, 7) is 2.20. The van der Waals surface area contributed by atoms with Gasteiger partial charge < -0.3 is 20.3 Å². The second-order valence-corrected chi connectivity index (χ2v) is 5.79. The molecule has 0 saturated carbocycles. The Labute approximate surface area is 157 Å². The summed E-state index contributed by atoms with van der Waals surface area (Å²) in [4.78, 5) is 12.2. The summed E-state index contributed by atoms with van der Waals surface area (Å²) in [6.07, 6.45) is 4.52. The molecule has 27 heavy (non-hydrogen) atoms. The molecule has 0 aliphatic rings. The van der Waals surface area contributed by atoms with Crippen LogP contribution >= 0.6 is 0 Å². The second kappa shape index (κ2) is 9.11. The lowest BCUT2D eigenvalue weighted by Gasteiger charge is -2.08. The van der Waals surface area contributed by atoms with Crippen LogP contribution in [0.3, 0.4) is 0 Å². The number of rotatable bonds is 6. The number of phenols is 2. The molecule has 1 amide bonds. The number of nitrogens with one attached hydrogen (secondary N) is 1. The van der Waals surface area contributed by atoms with Gasteiger partial charge >= 0.3 is 0 Å². The van der Waals surface area contributed by atoms with E-state index in [2.05, 4.69) is 5.32 Å². The van der Waals surface area contributed by atoms with Crippen LogP contribution < -0.4 is 10.1 Å². The number of hydrogen-bond donors (Lipinski definition) is 3. The van der Waals surface area contributed by atoms with Crippen molar-refractivity contribution in [1.29, 1.82) is 5.26 Å². The maximum atomic E-state index is 12.2. The molecule has 0 bridgehead atoms. The van der Waals surface area contributed by atoms with Crippen molar-refractivity contribution in [1.82, 2.24) is 5.32 Å². The predicted molar refractivity (Wildman–Crippen MR) is 102 cm³/mol. The standard InChI is InChI=1S/C21H20N2O4/c1-14-10-16(7-9-20(14)27-2)13-23-21(26)17(12-22)5-3-4-15-6-8-18(24)19(25)11-15/h3-11,24-25H,13H2,1-2H3,(H,23,26)/b4-3+,17-5+. The number of nitriles is 1. The van der Waals surface area contributed by atoms with E-state index in [1.807, 2.05) is 31.2 Å².